The molecule has 2 aromatic rings. The van der Waals surface area contributed by atoms with Crippen molar-refractivity contribution >= 4 is 38.7 Å². The second-order valence-electron chi connectivity index (χ2n) is 4.77. The Morgan fingerprint density at radius 2 is 1.48 bits per heavy atom. The molecule has 2 aromatic carbocycles. The highest BCUT2D eigenvalue weighted by molar-refractivity contribution is 7.92. The third-order valence-corrected chi connectivity index (χ3v) is 3.68. The van der Waals surface area contributed by atoms with Gasteiger partial charge in [0.2, 0.25) is 10.0 Å². The highest BCUT2D eigenvalue weighted by Gasteiger charge is 2.33. The van der Waals surface area contributed by atoms with E-state index in [1.807, 2.05) is 0 Å². The predicted octanol–water partition coefficient (Wildman–Crippen LogP) is 4.47. The van der Waals surface area contributed by atoms with E-state index in [1.165, 1.54) is 30.3 Å². The second kappa shape index (κ2) is 6.29. The van der Waals surface area contributed by atoms with E-state index in [9.17, 15) is 21.6 Å². The van der Waals surface area contributed by atoms with Crippen molar-refractivity contribution in [3.63, 3.8) is 0 Å². The average molecular weight is 365 g/mol. The van der Waals surface area contributed by atoms with Crippen LogP contribution in [0.25, 0.3) is 0 Å². The number of alkyl halides is 3. The van der Waals surface area contributed by atoms with Gasteiger partial charge in [-0.1, -0.05) is 11.6 Å². The van der Waals surface area contributed by atoms with Crippen LogP contribution in [-0.2, 0) is 16.2 Å². The topological polar surface area (TPSA) is 58.2 Å². The van der Waals surface area contributed by atoms with Gasteiger partial charge in [0.1, 0.15) is 0 Å². The number of halogens is 4. The van der Waals surface area contributed by atoms with E-state index < -0.39 is 21.8 Å². The van der Waals surface area contributed by atoms with Gasteiger partial charge < -0.3 is 5.32 Å². The van der Waals surface area contributed by atoms with Gasteiger partial charge in [-0.2, -0.15) is 13.2 Å². The van der Waals surface area contributed by atoms with Gasteiger partial charge in [-0.25, -0.2) is 8.42 Å². The number of anilines is 3. The summed E-state index contributed by atoms with van der Waals surface area (Å²) in [6.45, 7) is 0. The molecule has 0 saturated carbocycles. The van der Waals surface area contributed by atoms with Crippen molar-refractivity contribution in [3.05, 3.63) is 53.1 Å². The number of hydrogen-bond donors (Lipinski definition) is 2. The quantitative estimate of drug-likeness (QED) is 0.841. The van der Waals surface area contributed by atoms with Crippen LogP contribution in [0, 0.1) is 0 Å². The van der Waals surface area contributed by atoms with Gasteiger partial charge in [0.25, 0.3) is 0 Å². The first-order valence-corrected chi connectivity index (χ1v) is 8.53. The number of hydrogen-bond acceptors (Lipinski definition) is 3. The smallest absolute Gasteiger partial charge is 0.356 e. The molecule has 2 N–H and O–H groups in total. The second-order valence-corrected chi connectivity index (χ2v) is 6.92. The molecule has 0 aromatic heterocycles. The van der Waals surface area contributed by atoms with Crippen molar-refractivity contribution in [2.75, 3.05) is 16.3 Å². The maximum absolute atomic E-state index is 12.8. The number of benzene rings is 2. The van der Waals surface area contributed by atoms with Crippen molar-refractivity contribution in [2.45, 2.75) is 6.18 Å². The van der Waals surface area contributed by atoms with Crippen molar-refractivity contribution in [1.29, 1.82) is 0 Å². The standard InChI is InChI=1S/C14H12ClF3N2O2S/c1-23(21,22)20-10-4-2-9(3-5-10)19-11-6-7-13(15)12(8-11)14(16,17)18/h2-8,19-20H,1H3. The Morgan fingerprint density at radius 1 is 0.957 bits per heavy atom. The first-order valence-electron chi connectivity index (χ1n) is 6.26. The minimum absolute atomic E-state index is 0.213. The third-order valence-electron chi connectivity index (χ3n) is 2.75. The van der Waals surface area contributed by atoms with Crippen LogP contribution in [0.2, 0.25) is 5.02 Å². The minimum Gasteiger partial charge on any atom is -0.356 e. The van der Waals surface area contributed by atoms with Gasteiger partial charge in [-0.3, -0.25) is 4.72 Å². The molecule has 0 atom stereocenters. The Bertz CT molecular complexity index is 806. The van der Waals surface area contributed by atoms with E-state index in [0.717, 1.165) is 18.4 Å². The summed E-state index contributed by atoms with van der Waals surface area (Å²) in [6.07, 6.45) is -3.52. The molecule has 0 heterocycles. The monoisotopic (exact) mass is 364 g/mol. The van der Waals surface area contributed by atoms with E-state index in [1.54, 1.807) is 0 Å². The maximum Gasteiger partial charge on any atom is 0.417 e. The van der Waals surface area contributed by atoms with Crippen LogP contribution in [0.5, 0.6) is 0 Å². The van der Waals surface area contributed by atoms with Gasteiger partial charge in [0.15, 0.2) is 0 Å². The molecule has 0 fully saturated rings. The van der Waals surface area contributed by atoms with Gasteiger partial charge in [0, 0.05) is 17.1 Å². The molecule has 0 bridgehead atoms. The van der Waals surface area contributed by atoms with E-state index in [-0.39, 0.29) is 10.7 Å². The molecule has 0 radical (unpaired) electrons. The van der Waals surface area contributed by atoms with Crippen molar-refractivity contribution in [1.82, 2.24) is 0 Å². The van der Waals surface area contributed by atoms with E-state index in [2.05, 4.69) is 10.0 Å². The molecule has 2 rings (SSSR count). The molecule has 124 valence electrons. The lowest BCUT2D eigenvalue weighted by atomic mass is 10.2. The first kappa shape index (κ1) is 17.4. The zero-order valence-corrected chi connectivity index (χ0v) is 13.4. The highest BCUT2D eigenvalue weighted by atomic mass is 35.5. The van der Waals surface area contributed by atoms with E-state index in [4.69, 9.17) is 11.6 Å². The zero-order chi connectivity index (χ0) is 17.3. The molecule has 4 nitrogen and oxygen atoms in total. The van der Waals surface area contributed by atoms with Crippen molar-refractivity contribution < 1.29 is 21.6 Å². The minimum atomic E-state index is -4.54. The number of rotatable bonds is 4. The molecule has 9 heteroatoms. The van der Waals surface area contributed by atoms with Crippen LogP contribution in [0.1, 0.15) is 5.56 Å². The fourth-order valence-electron chi connectivity index (χ4n) is 1.82. The molecular weight excluding hydrogens is 353 g/mol. The van der Waals surface area contributed by atoms with Crippen LogP contribution in [0.3, 0.4) is 0 Å². The maximum atomic E-state index is 12.8. The fraction of sp³-hybridized carbons (Fsp3) is 0.143. The van der Waals surface area contributed by atoms with Crippen LogP contribution >= 0.6 is 11.6 Å². The molecular formula is C14H12ClF3N2O2S. The molecule has 0 aliphatic heterocycles. The molecule has 23 heavy (non-hydrogen) atoms. The summed E-state index contributed by atoms with van der Waals surface area (Å²) in [5.41, 5.74) is 0.134. The molecule has 0 spiro atoms. The molecule has 0 amide bonds. The van der Waals surface area contributed by atoms with E-state index in [0.29, 0.717) is 11.4 Å². The molecule has 0 aliphatic carbocycles. The lowest BCUT2D eigenvalue weighted by molar-refractivity contribution is -0.137. The van der Waals surface area contributed by atoms with Gasteiger partial charge >= 0.3 is 6.18 Å². The lowest BCUT2D eigenvalue weighted by Crippen LogP contribution is -2.09. The Labute approximate surface area is 136 Å². The molecule has 0 unspecified atom stereocenters. The summed E-state index contributed by atoms with van der Waals surface area (Å²) in [6, 6.07) is 9.54. The lowest BCUT2D eigenvalue weighted by Gasteiger charge is -2.13. The number of nitrogens with one attached hydrogen (secondary N) is 2. The van der Waals surface area contributed by atoms with Crippen molar-refractivity contribution in [3.8, 4) is 0 Å². The van der Waals surface area contributed by atoms with Crippen LogP contribution in [0.4, 0.5) is 30.2 Å². The third kappa shape index (κ3) is 5.04. The Balaban J connectivity index is 2.20. The normalized spacial score (nSPS) is 12.0. The molecule has 0 aliphatic rings. The van der Waals surface area contributed by atoms with Crippen LogP contribution in [0.15, 0.2) is 42.5 Å². The Morgan fingerprint density at radius 3 is 2.00 bits per heavy atom. The zero-order valence-electron chi connectivity index (χ0n) is 11.8. The summed E-state index contributed by atoms with van der Waals surface area (Å²) < 4.78 is 62.9. The predicted molar refractivity (Wildman–Crippen MR) is 84.6 cm³/mol. The van der Waals surface area contributed by atoms with Crippen LogP contribution in [-0.4, -0.2) is 14.7 Å². The summed E-state index contributed by atoms with van der Waals surface area (Å²) in [5, 5.41) is 2.42. The van der Waals surface area contributed by atoms with E-state index >= 15 is 0 Å². The summed E-state index contributed by atoms with van der Waals surface area (Å²) in [7, 11) is -3.39. The summed E-state index contributed by atoms with van der Waals surface area (Å²) in [4.78, 5) is 0. The Kier molecular flexibility index (Phi) is 4.76. The number of sulfonamides is 1. The SMILES string of the molecule is CS(=O)(=O)Nc1ccc(Nc2ccc(Cl)c(C(F)(F)F)c2)cc1. The highest BCUT2D eigenvalue weighted by Crippen LogP contribution is 2.36. The van der Waals surface area contributed by atoms with Gasteiger partial charge in [-0.15, -0.1) is 0 Å². The van der Waals surface area contributed by atoms with Gasteiger partial charge in [-0.05, 0) is 42.5 Å². The van der Waals surface area contributed by atoms with Crippen molar-refractivity contribution in [2.24, 2.45) is 0 Å². The summed E-state index contributed by atoms with van der Waals surface area (Å²) >= 11 is 5.55. The fourth-order valence-corrected chi connectivity index (χ4v) is 2.61. The largest absolute Gasteiger partial charge is 0.417 e. The summed E-state index contributed by atoms with van der Waals surface area (Å²) in [5.74, 6) is 0. The van der Waals surface area contributed by atoms with Crippen LogP contribution < -0.4 is 10.0 Å². The molecule has 0 saturated heterocycles. The first-order chi connectivity index (χ1) is 10.5. The Hall–Kier alpha value is -1.93. The average Bonchev–Trinajstić information content (AvgIpc) is 2.40. The van der Waals surface area contributed by atoms with Gasteiger partial charge in [0.05, 0.1) is 16.8 Å².